The molecule has 0 bridgehead atoms. The summed E-state index contributed by atoms with van der Waals surface area (Å²) < 4.78 is 5.70. The van der Waals surface area contributed by atoms with E-state index in [1.54, 1.807) is 24.4 Å². The molecule has 0 radical (unpaired) electrons. The molecule has 1 aromatic heterocycles. The van der Waals surface area contributed by atoms with Gasteiger partial charge in [-0.2, -0.15) is 0 Å². The first-order valence-electron chi connectivity index (χ1n) is 8.34. The number of hydrogen-bond acceptors (Lipinski definition) is 4. The third-order valence-electron chi connectivity index (χ3n) is 3.97. The van der Waals surface area contributed by atoms with Gasteiger partial charge < -0.3 is 9.52 Å². The average molecular weight is 375 g/mol. The van der Waals surface area contributed by atoms with Crippen LogP contribution >= 0.6 is 11.6 Å². The first kappa shape index (κ1) is 17.1. The number of rotatable bonds is 4. The van der Waals surface area contributed by atoms with E-state index >= 15 is 0 Å². The number of halogens is 1. The van der Waals surface area contributed by atoms with Gasteiger partial charge in [0.25, 0.3) is 0 Å². The molecule has 5 heteroatoms. The number of hydrogen-bond donors (Lipinski definition) is 1. The molecule has 0 saturated carbocycles. The van der Waals surface area contributed by atoms with Crippen molar-refractivity contribution < 1.29 is 9.52 Å². The molecular formula is C22H15ClN2O2. The molecule has 3 aromatic carbocycles. The average Bonchev–Trinajstić information content (AvgIpc) is 3.10. The lowest BCUT2D eigenvalue weighted by Gasteiger charge is -2.01. The van der Waals surface area contributed by atoms with Crippen molar-refractivity contribution in [2.24, 2.45) is 4.99 Å². The fourth-order valence-corrected chi connectivity index (χ4v) is 2.75. The number of aliphatic imine (C=N–C) groups is 1. The molecule has 0 spiro atoms. The molecule has 0 unspecified atom stereocenters. The summed E-state index contributed by atoms with van der Waals surface area (Å²) in [7, 11) is 0. The van der Waals surface area contributed by atoms with E-state index in [0.717, 1.165) is 11.1 Å². The monoisotopic (exact) mass is 374 g/mol. The number of benzene rings is 3. The lowest BCUT2D eigenvalue weighted by molar-refractivity contribution is 0.474. The van der Waals surface area contributed by atoms with Crippen LogP contribution in [0.15, 0.2) is 82.2 Å². The van der Waals surface area contributed by atoms with Crippen molar-refractivity contribution in [3.05, 3.63) is 83.4 Å². The molecule has 1 heterocycles. The molecule has 0 atom stereocenters. The van der Waals surface area contributed by atoms with Crippen LogP contribution in [0.1, 0.15) is 5.56 Å². The van der Waals surface area contributed by atoms with Crippen LogP contribution < -0.4 is 0 Å². The van der Waals surface area contributed by atoms with E-state index in [2.05, 4.69) is 9.98 Å². The second-order valence-electron chi connectivity index (χ2n) is 5.88. The topological polar surface area (TPSA) is 58.6 Å². The standard InChI is InChI=1S/C22H15ClN2O2/c23-16-9-7-15(8-10-16)4-3-13-24-17-11-12-18(20(26)14-17)22-25-19-5-1-2-6-21(19)27-22/h1-14,26H/b4-3+,24-13?. The Hall–Kier alpha value is -3.37. The quantitative estimate of drug-likeness (QED) is 0.428. The molecule has 132 valence electrons. The van der Waals surface area contributed by atoms with Crippen molar-refractivity contribution in [3.63, 3.8) is 0 Å². The van der Waals surface area contributed by atoms with Gasteiger partial charge in [-0.25, -0.2) is 4.98 Å². The summed E-state index contributed by atoms with van der Waals surface area (Å²) in [5.41, 5.74) is 3.62. The highest BCUT2D eigenvalue weighted by atomic mass is 35.5. The maximum absolute atomic E-state index is 10.3. The van der Waals surface area contributed by atoms with Crippen LogP contribution in [0.25, 0.3) is 28.6 Å². The smallest absolute Gasteiger partial charge is 0.231 e. The Morgan fingerprint density at radius 1 is 1.00 bits per heavy atom. The molecule has 4 aromatic rings. The minimum Gasteiger partial charge on any atom is -0.507 e. The van der Waals surface area contributed by atoms with Crippen LogP contribution in [-0.4, -0.2) is 16.3 Å². The Bertz CT molecular complexity index is 1110. The van der Waals surface area contributed by atoms with Gasteiger partial charge in [-0.15, -0.1) is 0 Å². The Kier molecular flexibility index (Phi) is 4.73. The van der Waals surface area contributed by atoms with Crippen LogP contribution in [0.2, 0.25) is 5.02 Å². The molecule has 27 heavy (non-hydrogen) atoms. The van der Waals surface area contributed by atoms with Gasteiger partial charge in [0.15, 0.2) is 5.58 Å². The first-order valence-corrected chi connectivity index (χ1v) is 8.72. The molecule has 1 N–H and O–H groups in total. The number of nitrogens with zero attached hydrogens (tertiary/aromatic N) is 2. The molecule has 4 rings (SSSR count). The molecule has 0 aliphatic carbocycles. The molecular weight excluding hydrogens is 360 g/mol. The van der Waals surface area contributed by atoms with Crippen molar-refractivity contribution in [3.8, 4) is 17.2 Å². The van der Waals surface area contributed by atoms with E-state index < -0.39 is 0 Å². The lowest BCUT2D eigenvalue weighted by Crippen LogP contribution is -1.79. The van der Waals surface area contributed by atoms with Gasteiger partial charge in [0.1, 0.15) is 11.3 Å². The zero-order valence-electron chi connectivity index (χ0n) is 14.2. The minimum absolute atomic E-state index is 0.0675. The summed E-state index contributed by atoms with van der Waals surface area (Å²) in [6.07, 6.45) is 5.42. The van der Waals surface area contributed by atoms with Crippen LogP contribution in [-0.2, 0) is 0 Å². The number of oxazole rings is 1. The summed E-state index contributed by atoms with van der Waals surface area (Å²) >= 11 is 5.86. The number of phenols is 1. The van der Waals surface area contributed by atoms with Crippen LogP contribution in [0.5, 0.6) is 5.75 Å². The van der Waals surface area contributed by atoms with Gasteiger partial charge in [0.05, 0.1) is 11.3 Å². The summed E-state index contributed by atoms with van der Waals surface area (Å²) in [6.45, 7) is 0. The van der Waals surface area contributed by atoms with Crippen molar-refractivity contribution in [2.75, 3.05) is 0 Å². The van der Waals surface area contributed by atoms with E-state index in [-0.39, 0.29) is 5.75 Å². The second kappa shape index (κ2) is 7.48. The highest BCUT2D eigenvalue weighted by molar-refractivity contribution is 6.30. The van der Waals surface area contributed by atoms with E-state index in [1.807, 2.05) is 60.7 Å². The Balaban J connectivity index is 1.52. The zero-order valence-corrected chi connectivity index (χ0v) is 15.0. The van der Waals surface area contributed by atoms with E-state index in [4.69, 9.17) is 16.0 Å². The molecule has 0 amide bonds. The number of phenolic OH excluding ortho intramolecular Hbond substituents is 1. The third-order valence-corrected chi connectivity index (χ3v) is 4.23. The van der Waals surface area contributed by atoms with Crippen molar-refractivity contribution in [1.29, 1.82) is 0 Å². The highest BCUT2D eigenvalue weighted by Gasteiger charge is 2.12. The lowest BCUT2D eigenvalue weighted by atomic mass is 10.2. The Labute approximate surface area is 161 Å². The van der Waals surface area contributed by atoms with Crippen LogP contribution in [0.3, 0.4) is 0 Å². The molecule has 4 nitrogen and oxygen atoms in total. The van der Waals surface area contributed by atoms with Gasteiger partial charge in [-0.05, 0) is 48.0 Å². The van der Waals surface area contributed by atoms with E-state index in [9.17, 15) is 5.11 Å². The Morgan fingerprint density at radius 2 is 1.81 bits per heavy atom. The van der Waals surface area contributed by atoms with Crippen molar-refractivity contribution in [2.45, 2.75) is 0 Å². The number of aromatic nitrogens is 1. The van der Waals surface area contributed by atoms with Gasteiger partial charge in [-0.3, -0.25) is 4.99 Å². The van der Waals surface area contributed by atoms with E-state index in [0.29, 0.717) is 27.7 Å². The maximum Gasteiger partial charge on any atom is 0.231 e. The summed E-state index contributed by atoms with van der Waals surface area (Å²) in [4.78, 5) is 8.73. The predicted molar refractivity (Wildman–Crippen MR) is 110 cm³/mol. The first-order chi connectivity index (χ1) is 13.2. The number of para-hydroxylation sites is 2. The van der Waals surface area contributed by atoms with Gasteiger partial charge >= 0.3 is 0 Å². The normalized spacial score (nSPS) is 11.7. The number of aromatic hydroxyl groups is 1. The maximum atomic E-state index is 10.3. The number of allylic oxidation sites excluding steroid dienone is 1. The van der Waals surface area contributed by atoms with Gasteiger partial charge in [-0.1, -0.05) is 41.9 Å². The van der Waals surface area contributed by atoms with E-state index in [1.165, 1.54) is 0 Å². The minimum atomic E-state index is 0.0675. The third kappa shape index (κ3) is 3.91. The van der Waals surface area contributed by atoms with Gasteiger partial charge in [0.2, 0.25) is 5.89 Å². The highest BCUT2D eigenvalue weighted by Crippen LogP contribution is 2.33. The fraction of sp³-hybridized carbons (Fsp3) is 0. The summed E-state index contributed by atoms with van der Waals surface area (Å²) in [6, 6.07) is 20.1. The van der Waals surface area contributed by atoms with Gasteiger partial charge in [0, 0.05) is 17.3 Å². The van der Waals surface area contributed by atoms with Crippen molar-refractivity contribution >= 4 is 40.7 Å². The number of fused-ring (bicyclic) bond motifs is 1. The largest absolute Gasteiger partial charge is 0.507 e. The SMILES string of the molecule is Oc1cc(N=C/C=C/c2ccc(Cl)cc2)ccc1-c1nc2ccccc2o1. The summed E-state index contributed by atoms with van der Waals surface area (Å²) in [5.74, 6) is 0.449. The van der Waals surface area contributed by atoms with Crippen LogP contribution in [0.4, 0.5) is 5.69 Å². The molecule has 0 aliphatic rings. The molecule has 0 fully saturated rings. The summed E-state index contributed by atoms with van der Waals surface area (Å²) in [5, 5.41) is 11.0. The predicted octanol–water partition coefficient (Wildman–Crippen LogP) is 6.27. The zero-order chi connectivity index (χ0) is 18.6. The second-order valence-corrected chi connectivity index (χ2v) is 6.31. The molecule has 0 aliphatic heterocycles. The van der Waals surface area contributed by atoms with Crippen molar-refractivity contribution in [1.82, 2.24) is 4.98 Å². The fourth-order valence-electron chi connectivity index (χ4n) is 2.63. The Morgan fingerprint density at radius 3 is 2.59 bits per heavy atom. The van der Waals surface area contributed by atoms with Crippen LogP contribution in [0, 0.1) is 0 Å². The molecule has 0 saturated heterocycles.